The van der Waals surface area contributed by atoms with Crippen LogP contribution >= 0.6 is 15.9 Å². The molecule has 1 N–H and O–H groups in total. The molecule has 0 aromatic heterocycles. The highest BCUT2D eigenvalue weighted by atomic mass is 79.9. The lowest BCUT2D eigenvalue weighted by molar-refractivity contribution is -0.117. The monoisotopic (exact) mass is 634 g/mol. The number of halogens is 2. The summed E-state index contributed by atoms with van der Waals surface area (Å²) in [5, 5.41) is 3.34. The minimum atomic E-state index is -0.593. The van der Waals surface area contributed by atoms with E-state index in [0.29, 0.717) is 41.2 Å². The van der Waals surface area contributed by atoms with E-state index >= 15 is 0 Å². The lowest BCUT2D eigenvalue weighted by atomic mass is 9.64. The summed E-state index contributed by atoms with van der Waals surface area (Å²) in [6, 6.07) is 15.0. The summed E-state index contributed by atoms with van der Waals surface area (Å²) < 4.78 is 20.6. The average Bonchev–Trinajstić information content (AvgIpc) is 3.33. The molecule has 6 nitrogen and oxygen atoms in total. The highest BCUT2D eigenvalue weighted by molar-refractivity contribution is 9.10. The largest absolute Gasteiger partial charge is 0.446 e. The molecule has 6 rings (SSSR count). The summed E-state index contributed by atoms with van der Waals surface area (Å²) in [7, 11) is 0. The fourth-order valence-corrected chi connectivity index (χ4v) is 7.79. The van der Waals surface area contributed by atoms with E-state index < -0.39 is 17.8 Å². The SMILES string of the molecule is C[C@@H]1CC[C@@H](C(C)(C)c2ccccc2)[C@H](OC(=O)N2CC(=O)C3=C(C2)NC2=C(C(=O)CC2)C3c2ccc(F)c(Br)c2)C1. The normalized spacial score (nSPS) is 26.2. The van der Waals surface area contributed by atoms with Crippen LogP contribution in [-0.2, 0) is 19.7 Å². The summed E-state index contributed by atoms with van der Waals surface area (Å²) >= 11 is 3.25. The highest BCUT2D eigenvalue weighted by Gasteiger charge is 2.46. The van der Waals surface area contributed by atoms with Crippen molar-refractivity contribution < 1.29 is 23.5 Å². The smallest absolute Gasteiger partial charge is 0.410 e. The maximum Gasteiger partial charge on any atom is 0.410 e. The van der Waals surface area contributed by atoms with Gasteiger partial charge in [0.15, 0.2) is 11.6 Å². The maximum absolute atomic E-state index is 14.1. The van der Waals surface area contributed by atoms with Gasteiger partial charge in [-0.2, -0.15) is 0 Å². The molecular weight excluding hydrogens is 599 g/mol. The van der Waals surface area contributed by atoms with E-state index in [1.807, 2.05) is 18.2 Å². The van der Waals surface area contributed by atoms with Crippen LogP contribution < -0.4 is 5.32 Å². The van der Waals surface area contributed by atoms with Crippen LogP contribution in [0.15, 0.2) is 75.5 Å². The number of Topliss-reactive ketones (excluding diaryl/α,β-unsaturated/α-hetero) is 2. The molecule has 4 atom stereocenters. The predicted molar refractivity (Wildman–Crippen MR) is 161 cm³/mol. The van der Waals surface area contributed by atoms with Crippen LogP contribution in [0, 0.1) is 17.7 Å². The van der Waals surface area contributed by atoms with Crippen LogP contribution in [0.25, 0.3) is 0 Å². The van der Waals surface area contributed by atoms with Gasteiger partial charge in [0.05, 0.1) is 17.6 Å². The summed E-state index contributed by atoms with van der Waals surface area (Å²) in [6.45, 7) is 6.68. The van der Waals surface area contributed by atoms with Gasteiger partial charge in [-0.25, -0.2) is 9.18 Å². The van der Waals surface area contributed by atoms with Gasteiger partial charge in [-0.05, 0) is 69.8 Å². The van der Waals surface area contributed by atoms with E-state index in [0.717, 1.165) is 25.0 Å². The van der Waals surface area contributed by atoms with Crippen molar-refractivity contribution in [1.29, 1.82) is 0 Å². The number of allylic oxidation sites excluding steroid dienone is 2. The third-order valence-electron chi connectivity index (χ3n) is 9.70. The Bertz CT molecular complexity index is 1510. The number of carbonyl (C=O) groups excluding carboxylic acids is 3. The second-order valence-corrected chi connectivity index (χ2v) is 13.6. The topological polar surface area (TPSA) is 75.7 Å². The van der Waals surface area contributed by atoms with Crippen molar-refractivity contribution in [2.24, 2.45) is 11.8 Å². The first-order chi connectivity index (χ1) is 20.0. The number of ether oxygens (including phenoxy) is 1. The average molecular weight is 636 g/mol. The van der Waals surface area contributed by atoms with Gasteiger partial charge in [0.2, 0.25) is 0 Å². The molecule has 1 saturated carbocycles. The van der Waals surface area contributed by atoms with Crippen molar-refractivity contribution in [2.45, 2.75) is 70.3 Å². The van der Waals surface area contributed by atoms with E-state index in [9.17, 15) is 18.8 Å². The number of hydrogen-bond acceptors (Lipinski definition) is 5. The molecule has 0 spiro atoms. The molecule has 1 unspecified atom stereocenters. The summed E-state index contributed by atoms with van der Waals surface area (Å²) in [4.78, 5) is 41.9. The van der Waals surface area contributed by atoms with E-state index in [-0.39, 0.29) is 46.6 Å². The number of hydrogen-bond donors (Lipinski definition) is 1. The number of nitrogens with one attached hydrogen (secondary N) is 1. The second kappa shape index (κ2) is 11.1. The molecule has 1 fully saturated rings. The zero-order valence-corrected chi connectivity index (χ0v) is 25.8. The van der Waals surface area contributed by atoms with E-state index in [1.54, 1.807) is 12.1 Å². The van der Waals surface area contributed by atoms with Crippen molar-refractivity contribution >= 4 is 33.6 Å². The molecule has 2 heterocycles. The zero-order chi connectivity index (χ0) is 29.8. The first kappa shape index (κ1) is 28.8. The summed E-state index contributed by atoms with van der Waals surface area (Å²) in [6.07, 6.45) is 2.94. The van der Waals surface area contributed by atoms with Gasteiger partial charge in [0, 0.05) is 40.8 Å². The van der Waals surface area contributed by atoms with Gasteiger partial charge in [-0.15, -0.1) is 0 Å². The molecule has 2 aliphatic heterocycles. The Balaban J connectivity index is 1.27. The van der Waals surface area contributed by atoms with E-state index in [4.69, 9.17) is 4.74 Å². The van der Waals surface area contributed by atoms with Gasteiger partial charge in [-0.1, -0.05) is 63.6 Å². The Morgan fingerprint density at radius 3 is 2.48 bits per heavy atom. The van der Waals surface area contributed by atoms with Crippen molar-refractivity contribution in [3.63, 3.8) is 0 Å². The first-order valence-corrected chi connectivity index (χ1v) is 15.6. The molecule has 4 aliphatic rings. The van der Waals surface area contributed by atoms with Crippen LogP contribution in [0.2, 0.25) is 0 Å². The molecule has 2 aliphatic carbocycles. The minimum Gasteiger partial charge on any atom is -0.446 e. The van der Waals surface area contributed by atoms with Crippen molar-refractivity contribution in [1.82, 2.24) is 10.2 Å². The molecule has 8 heteroatoms. The standard InChI is InChI=1S/C34H36BrFN2O4/c1-19-9-11-22(34(2,3)21-7-5-4-6-8-21)29(15-19)42-33(41)38-17-26-32(28(40)18-38)30(20-10-12-24(36)23(35)16-20)31-25(37-26)13-14-27(31)39/h4-8,10,12,16,19,22,29-30,37H,9,11,13-15,17-18H2,1-3H3/t19-,22-,29-,30?/m1/s1. The minimum absolute atomic E-state index is 0.0115. The molecule has 2 aromatic rings. The van der Waals surface area contributed by atoms with Crippen molar-refractivity contribution in [3.05, 3.63) is 92.5 Å². The molecule has 2 aromatic carbocycles. The first-order valence-electron chi connectivity index (χ1n) is 14.8. The third kappa shape index (κ3) is 5.12. The van der Waals surface area contributed by atoms with E-state index in [2.05, 4.69) is 54.2 Å². The number of amides is 1. The van der Waals surface area contributed by atoms with Gasteiger partial charge >= 0.3 is 6.09 Å². The third-order valence-corrected chi connectivity index (χ3v) is 10.3. The lowest BCUT2D eigenvalue weighted by Crippen LogP contribution is -2.50. The quantitative estimate of drug-likeness (QED) is 0.394. The highest BCUT2D eigenvalue weighted by Crippen LogP contribution is 2.46. The number of nitrogens with zero attached hydrogens (tertiary/aromatic N) is 1. The second-order valence-electron chi connectivity index (χ2n) is 12.8. The fraction of sp³-hybridized carbons (Fsp3) is 0.441. The molecule has 0 radical (unpaired) electrons. The number of carbonyl (C=O) groups is 3. The Morgan fingerprint density at radius 1 is 1.00 bits per heavy atom. The fourth-order valence-electron chi connectivity index (χ4n) is 7.39. The molecule has 1 amide bonds. The van der Waals surface area contributed by atoms with Gasteiger partial charge in [-0.3, -0.25) is 14.5 Å². The van der Waals surface area contributed by atoms with Crippen LogP contribution in [-0.4, -0.2) is 41.8 Å². The van der Waals surface area contributed by atoms with Crippen LogP contribution in [0.5, 0.6) is 0 Å². The zero-order valence-electron chi connectivity index (χ0n) is 24.2. The van der Waals surface area contributed by atoms with Crippen LogP contribution in [0.3, 0.4) is 0 Å². The number of benzene rings is 2. The molecule has 42 heavy (non-hydrogen) atoms. The van der Waals surface area contributed by atoms with Gasteiger partial charge in [0.1, 0.15) is 11.9 Å². The lowest BCUT2D eigenvalue weighted by Gasteiger charge is -2.44. The molecule has 220 valence electrons. The van der Waals surface area contributed by atoms with Crippen molar-refractivity contribution in [3.8, 4) is 0 Å². The van der Waals surface area contributed by atoms with Gasteiger partial charge in [0.25, 0.3) is 0 Å². The van der Waals surface area contributed by atoms with Gasteiger partial charge < -0.3 is 10.1 Å². The number of ketones is 2. The molecular formula is C34H36BrFN2O4. The Kier molecular flexibility index (Phi) is 7.62. The van der Waals surface area contributed by atoms with Crippen LogP contribution in [0.1, 0.15) is 69.9 Å². The summed E-state index contributed by atoms with van der Waals surface area (Å²) in [5.41, 5.74) is 4.12. The maximum atomic E-state index is 14.1. The van der Waals surface area contributed by atoms with Crippen LogP contribution in [0.4, 0.5) is 9.18 Å². The number of rotatable bonds is 4. The Labute approximate surface area is 254 Å². The predicted octanol–water partition coefficient (Wildman–Crippen LogP) is 6.95. The molecule has 0 bridgehead atoms. The Hall–Kier alpha value is -3.26. The molecule has 0 saturated heterocycles. The number of dihydropyridines is 1. The Morgan fingerprint density at radius 2 is 1.74 bits per heavy atom. The summed E-state index contributed by atoms with van der Waals surface area (Å²) in [5.74, 6) is -0.684. The van der Waals surface area contributed by atoms with E-state index in [1.165, 1.54) is 16.5 Å². The van der Waals surface area contributed by atoms with Crippen molar-refractivity contribution in [2.75, 3.05) is 13.1 Å².